The number of pyridine rings is 1. The van der Waals surface area contributed by atoms with Crippen molar-refractivity contribution >= 4 is 32.3 Å². The Hall–Kier alpha value is -7.30. The fourth-order valence-corrected chi connectivity index (χ4v) is 7.52. The van der Waals surface area contributed by atoms with E-state index in [1.807, 2.05) is 42.5 Å². The second-order valence-corrected chi connectivity index (χ2v) is 13.4. The highest BCUT2D eigenvalue weighted by atomic mass is 15.0. The summed E-state index contributed by atoms with van der Waals surface area (Å²) in [5.41, 5.74) is 8.84. The van der Waals surface area contributed by atoms with Crippen molar-refractivity contribution in [3.63, 3.8) is 0 Å². The van der Waals surface area contributed by atoms with Gasteiger partial charge in [-0.3, -0.25) is 0 Å². The summed E-state index contributed by atoms with van der Waals surface area (Å²) in [6.45, 7) is 0. The first-order valence-corrected chi connectivity index (χ1v) is 18.1. The van der Waals surface area contributed by atoms with Crippen LogP contribution in [0.1, 0.15) is 0 Å². The van der Waals surface area contributed by atoms with E-state index in [2.05, 4.69) is 152 Å². The second kappa shape index (κ2) is 13.4. The smallest absolute Gasteiger partial charge is 0.164 e. The maximum absolute atomic E-state index is 5.36. The zero-order chi connectivity index (χ0) is 35.8. The molecule has 0 aliphatic carbocycles. The van der Waals surface area contributed by atoms with Gasteiger partial charge in [0.25, 0.3) is 0 Å². The zero-order valence-corrected chi connectivity index (χ0v) is 29.3. The van der Waals surface area contributed by atoms with E-state index < -0.39 is 0 Å². The molecule has 0 N–H and O–H groups in total. The highest BCUT2D eigenvalue weighted by molar-refractivity contribution is 6.28. The van der Waals surface area contributed by atoms with Crippen molar-refractivity contribution in [2.75, 3.05) is 0 Å². The van der Waals surface area contributed by atoms with Crippen molar-refractivity contribution in [2.24, 2.45) is 0 Å². The molecule has 8 aromatic carbocycles. The van der Waals surface area contributed by atoms with Crippen LogP contribution in [0, 0.1) is 0 Å². The molecule has 10 rings (SSSR count). The number of nitrogens with zero attached hydrogens (tertiary/aromatic N) is 4. The van der Waals surface area contributed by atoms with E-state index in [4.69, 9.17) is 19.9 Å². The standard InChI is InChI=1S/C50H32N4/c1-5-17-33(18-6-1)37-31-45(34-19-7-2-8-20-34)51-46(32-37)38-29-43-41-27-14-13-25-39(41)40-26-15-16-28-42(40)47(43)44(30-38)50-53-48(35-21-9-3-10-22-35)52-49(54-50)36-23-11-4-12-24-36/h1-32H. The SMILES string of the molecule is c1ccc(-c2cc(-c3ccccc3)nc(-c3cc(-c4nc(-c5ccccc5)nc(-c5ccccc5)n4)c4c5ccccc5c5ccccc5c4c3)c2)cc1. The van der Waals surface area contributed by atoms with E-state index in [0.29, 0.717) is 17.5 Å². The van der Waals surface area contributed by atoms with Crippen LogP contribution in [0.4, 0.5) is 0 Å². The van der Waals surface area contributed by atoms with Crippen molar-refractivity contribution in [3.05, 3.63) is 194 Å². The molecule has 0 saturated carbocycles. The lowest BCUT2D eigenvalue weighted by molar-refractivity contribution is 1.08. The average molecular weight is 689 g/mol. The van der Waals surface area contributed by atoms with Gasteiger partial charge in [-0.05, 0) is 62.3 Å². The Morgan fingerprint density at radius 1 is 0.241 bits per heavy atom. The van der Waals surface area contributed by atoms with E-state index in [9.17, 15) is 0 Å². The summed E-state index contributed by atoms with van der Waals surface area (Å²) < 4.78 is 0. The third-order valence-electron chi connectivity index (χ3n) is 10.1. The first kappa shape index (κ1) is 31.4. The summed E-state index contributed by atoms with van der Waals surface area (Å²) in [5.74, 6) is 1.86. The first-order chi connectivity index (χ1) is 26.8. The Bertz CT molecular complexity index is 2850. The van der Waals surface area contributed by atoms with E-state index in [0.717, 1.165) is 71.9 Å². The summed E-state index contributed by atoms with van der Waals surface area (Å²) in [4.78, 5) is 20.9. The molecule has 10 aromatic rings. The van der Waals surface area contributed by atoms with Gasteiger partial charge in [0.1, 0.15) is 0 Å². The minimum Gasteiger partial charge on any atom is -0.248 e. The zero-order valence-electron chi connectivity index (χ0n) is 29.3. The van der Waals surface area contributed by atoms with E-state index >= 15 is 0 Å². The van der Waals surface area contributed by atoms with Crippen LogP contribution in [0.3, 0.4) is 0 Å². The van der Waals surface area contributed by atoms with Crippen molar-refractivity contribution < 1.29 is 0 Å². The molecule has 0 saturated heterocycles. The molecule has 0 bridgehead atoms. The molecule has 0 spiro atoms. The predicted octanol–water partition coefficient (Wildman–Crippen LogP) is 12.7. The number of hydrogen-bond donors (Lipinski definition) is 0. The summed E-state index contributed by atoms with van der Waals surface area (Å²) in [5, 5.41) is 6.91. The van der Waals surface area contributed by atoms with Gasteiger partial charge < -0.3 is 0 Å². The van der Waals surface area contributed by atoms with Crippen LogP contribution in [-0.4, -0.2) is 19.9 Å². The molecular formula is C50H32N4. The second-order valence-electron chi connectivity index (χ2n) is 13.4. The fraction of sp³-hybridized carbons (Fsp3) is 0. The minimum absolute atomic E-state index is 0.609. The van der Waals surface area contributed by atoms with Gasteiger partial charge in [-0.1, -0.05) is 170 Å². The molecule has 2 heterocycles. The Kier molecular flexibility index (Phi) is 7.77. The van der Waals surface area contributed by atoms with Gasteiger partial charge in [0.2, 0.25) is 0 Å². The van der Waals surface area contributed by atoms with Crippen LogP contribution in [0.15, 0.2) is 194 Å². The van der Waals surface area contributed by atoms with Gasteiger partial charge in [-0.25, -0.2) is 19.9 Å². The lowest BCUT2D eigenvalue weighted by Gasteiger charge is -2.17. The number of rotatable bonds is 6. The molecule has 252 valence electrons. The third-order valence-corrected chi connectivity index (χ3v) is 10.1. The van der Waals surface area contributed by atoms with E-state index in [1.165, 1.54) is 10.8 Å². The predicted molar refractivity (Wildman–Crippen MR) is 223 cm³/mol. The van der Waals surface area contributed by atoms with Crippen molar-refractivity contribution in [1.29, 1.82) is 0 Å². The summed E-state index contributed by atoms with van der Waals surface area (Å²) in [7, 11) is 0. The molecule has 0 aliphatic heterocycles. The molecule has 0 fully saturated rings. The van der Waals surface area contributed by atoms with Gasteiger partial charge >= 0.3 is 0 Å². The molecular weight excluding hydrogens is 657 g/mol. The minimum atomic E-state index is 0.609. The molecule has 0 radical (unpaired) electrons. The highest BCUT2D eigenvalue weighted by Gasteiger charge is 2.20. The summed E-state index contributed by atoms with van der Waals surface area (Å²) in [6, 6.07) is 67.5. The Balaban J connectivity index is 1.33. The van der Waals surface area contributed by atoms with Crippen LogP contribution in [0.5, 0.6) is 0 Å². The first-order valence-electron chi connectivity index (χ1n) is 18.1. The lowest BCUT2D eigenvalue weighted by Crippen LogP contribution is -2.01. The molecule has 0 amide bonds. The number of benzene rings is 8. The third kappa shape index (κ3) is 5.67. The Morgan fingerprint density at radius 3 is 1.20 bits per heavy atom. The molecule has 0 aliphatic rings. The number of hydrogen-bond acceptors (Lipinski definition) is 4. The lowest BCUT2D eigenvalue weighted by atomic mass is 9.89. The van der Waals surface area contributed by atoms with Crippen LogP contribution < -0.4 is 0 Å². The molecule has 4 nitrogen and oxygen atoms in total. The van der Waals surface area contributed by atoms with Crippen LogP contribution in [0.2, 0.25) is 0 Å². The monoisotopic (exact) mass is 688 g/mol. The summed E-state index contributed by atoms with van der Waals surface area (Å²) in [6.07, 6.45) is 0. The largest absolute Gasteiger partial charge is 0.248 e. The van der Waals surface area contributed by atoms with Gasteiger partial charge in [0, 0.05) is 33.2 Å². The normalized spacial score (nSPS) is 11.3. The van der Waals surface area contributed by atoms with E-state index in [1.54, 1.807) is 0 Å². The van der Waals surface area contributed by atoms with Gasteiger partial charge in [0.05, 0.1) is 11.4 Å². The van der Waals surface area contributed by atoms with Crippen molar-refractivity contribution in [1.82, 2.24) is 19.9 Å². The van der Waals surface area contributed by atoms with Crippen LogP contribution >= 0.6 is 0 Å². The maximum atomic E-state index is 5.36. The van der Waals surface area contributed by atoms with Crippen LogP contribution in [-0.2, 0) is 0 Å². The Morgan fingerprint density at radius 2 is 0.648 bits per heavy atom. The molecule has 0 atom stereocenters. The fourth-order valence-electron chi connectivity index (χ4n) is 7.52. The number of aromatic nitrogens is 4. The number of fused-ring (bicyclic) bond motifs is 6. The van der Waals surface area contributed by atoms with Crippen molar-refractivity contribution in [2.45, 2.75) is 0 Å². The van der Waals surface area contributed by atoms with Crippen molar-refractivity contribution in [3.8, 4) is 67.8 Å². The van der Waals surface area contributed by atoms with Crippen LogP contribution in [0.25, 0.3) is 100 Å². The van der Waals surface area contributed by atoms with E-state index in [-0.39, 0.29) is 0 Å². The quantitative estimate of drug-likeness (QED) is 0.163. The van der Waals surface area contributed by atoms with Gasteiger partial charge in [-0.2, -0.15) is 0 Å². The Labute approximate surface area is 313 Å². The molecule has 54 heavy (non-hydrogen) atoms. The van der Waals surface area contributed by atoms with Gasteiger partial charge in [0.15, 0.2) is 17.5 Å². The molecule has 2 aromatic heterocycles. The molecule has 0 unspecified atom stereocenters. The topological polar surface area (TPSA) is 51.6 Å². The molecule has 4 heteroatoms. The van der Waals surface area contributed by atoms with Gasteiger partial charge in [-0.15, -0.1) is 0 Å². The highest BCUT2D eigenvalue weighted by Crippen LogP contribution is 2.43. The summed E-state index contributed by atoms with van der Waals surface area (Å²) >= 11 is 0. The maximum Gasteiger partial charge on any atom is 0.164 e. The average Bonchev–Trinajstić information content (AvgIpc) is 3.27.